The zero-order chi connectivity index (χ0) is 13.5. The molecule has 0 atom stereocenters. The number of anilines is 2. The van der Waals surface area contributed by atoms with Gasteiger partial charge in [-0.25, -0.2) is 4.98 Å². The molecule has 3 aromatic rings. The van der Waals surface area contributed by atoms with Crippen LogP contribution in [0.3, 0.4) is 0 Å². The van der Waals surface area contributed by atoms with Gasteiger partial charge in [-0.2, -0.15) is 0 Å². The average molecular weight is 284 g/mol. The first-order valence-electron chi connectivity index (χ1n) is 6.76. The summed E-state index contributed by atoms with van der Waals surface area (Å²) in [6, 6.07) is 14.5. The van der Waals surface area contributed by atoms with E-state index in [4.69, 9.17) is 16.6 Å². The molecule has 0 fully saturated rings. The van der Waals surface area contributed by atoms with Gasteiger partial charge in [0.25, 0.3) is 0 Å². The zero-order valence-electron chi connectivity index (χ0n) is 11.0. The summed E-state index contributed by atoms with van der Waals surface area (Å²) in [5, 5.41) is 0. The lowest BCUT2D eigenvalue weighted by Crippen LogP contribution is -2.15. The molecule has 1 aromatic carbocycles. The quantitative estimate of drug-likeness (QED) is 0.668. The zero-order valence-corrected chi connectivity index (χ0v) is 11.7. The molecule has 20 heavy (non-hydrogen) atoms. The number of pyridine rings is 1. The SMILES string of the molecule is ClCc1c(N2CCc3ccccc32)nc2ccccn12. The highest BCUT2D eigenvalue weighted by atomic mass is 35.5. The number of benzene rings is 1. The van der Waals surface area contributed by atoms with Crippen molar-refractivity contribution in [1.82, 2.24) is 9.38 Å². The number of para-hydroxylation sites is 1. The van der Waals surface area contributed by atoms with Gasteiger partial charge in [-0.1, -0.05) is 24.3 Å². The van der Waals surface area contributed by atoms with Gasteiger partial charge in [-0.15, -0.1) is 11.6 Å². The van der Waals surface area contributed by atoms with E-state index in [0.29, 0.717) is 5.88 Å². The van der Waals surface area contributed by atoms with Crippen molar-refractivity contribution in [3.8, 4) is 0 Å². The van der Waals surface area contributed by atoms with E-state index in [-0.39, 0.29) is 0 Å². The maximum atomic E-state index is 6.17. The van der Waals surface area contributed by atoms with Gasteiger partial charge in [0.2, 0.25) is 0 Å². The number of alkyl halides is 1. The number of fused-ring (bicyclic) bond motifs is 2. The van der Waals surface area contributed by atoms with Gasteiger partial charge < -0.3 is 9.30 Å². The van der Waals surface area contributed by atoms with Crippen LogP contribution in [-0.2, 0) is 12.3 Å². The Bertz CT molecular complexity index is 778. The van der Waals surface area contributed by atoms with Crippen LogP contribution < -0.4 is 4.90 Å². The Morgan fingerprint density at radius 3 is 2.85 bits per heavy atom. The van der Waals surface area contributed by atoms with Crippen LogP contribution in [0.25, 0.3) is 5.65 Å². The number of nitrogens with zero attached hydrogens (tertiary/aromatic N) is 3. The number of aromatic nitrogens is 2. The molecule has 100 valence electrons. The first kappa shape index (κ1) is 11.8. The highest BCUT2D eigenvalue weighted by Crippen LogP contribution is 2.36. The van der Waals surface area contributed by atoms with Gasteiger partial charge in [-0.3, -0.25) is 0 Å². The summed E-state index contributed by atoms with van der Waals surface area (Å²) >= 11 is 6.17. The van der Waals surface area contributed by atoms with Crippen molar-refractivity contribution in [2.75, 3.05) is 11.4 Å². The Labute approximate surface area is 122 Å². The molecular weight excluding hydrogens is 270 g/mol. The van der Waals surface area contributed by atoms with Crippen LogP contribution in [0.2, 0.25) is 0 Å². The second kappa shape index (κ2) is 4.53. The molecule has 0 radical (unpaired) electrons. The predicted octanol–water partition coefficient (Wildman–Crippen LogP) is 3.77. The molecule has 3 nitrogen and oxygen atoms in total. The normalized spacial score (nSPS) is 13.9. The van der Waals surface area contributed by atoms with Gasteiger partial charge >= 0.3 is 0 Å². The third kappa shape index (κ3) is 1.63. The largest absolute Gasteiger partial charge is 0.324 e. The van der Waals surface area contributed by atoms with E-state index in [1.54, 1.807) is 0 Å². The van der Waals surface area contributed by atoms with Crippen molar-refractivity contribution in [3.63, 3.8) is 0 Å². The van der Waals surface area contributed by atoms with Crippen molar-refractivity contribution in [3.05, 3.63) is 59.9 Å². The lowest BCUT2D eigenvalue weighted by molar-refractivity contribution is 0.968. The molecule has 0 saturated heterocycles. The van der Waals surface area contributed by atoms with Crippen molar-refractivity contribution in [2.45, 2.75) is 12.3 Å². The molecule has 2 aromatic heterocycles. The molecule has 0 unspecified atom stereocenters. The van der Waals surface area contributed by atoms with E-state index in [1.807, 2.05) is 24.4 Å². The van der Waals surface area contributed by atoms with Crippen LogP contribution >= 0.6 is 11.6 Å². The van der Waals surface area contributed by atoms with Crippen molar-refractivity contribution in [1.29, 1.82) is 0 Å². The van der Waals surface area contributed by atoms with Gasteiger partial charge in [0.1, 0.15) is 5.65 Å². The molecule has 1 aliphatic rings. The molecular formula is C16H14ClN3. The van der Waals surface area contributed by atoms with Gasteiger partial charge in [-0.05, 0) is 30.2 Å². The molecule has 4 rings (SSSR count). The highest BCUT2D eigenvalue weighted by Gasteiger charge is 2.25. The summed E-state index contributed by atoms with van der Waals surface area (Å²) in [7, 11) is 0. The smallest absolute Gasteiger partial charge is 0.156 e. The molecule has 0 N–H and O–H groups in total. The fourth-order valence-electron chi connectivity index (χ4n) is 2.93. The lowest BCUT2D eigenvalue weighted by Gasteiger charge is -2.17. The average Bonchev–Trinajstić information content (AvgIpc) is 3.07. The molecule has 0 saturated carbocycles. The Hall–Kier alpha value is -2.00. The van der Waals surface area contributed by atoms with Crippen LogP contribution in [0.15, 0.2) is 48.7 Å². The van der Waals surface area contributed by atoms with Crippen molar-refractivity contribution >= 4 is 28.8 Å². The first-order chi connectivity index (χ1) is 9.88. The van der Waals surface area contributed by atoms with E-state index < -0.39 is 0 Å². The summed E-state index contributed by atoms with van der Waals surface area (Å²) in [6.07, 6.45) is 3.08. The maximum absolute atomic E-state index is 6.17. The number of imidazole rings is 1. The highest BCUT2D eigenvalue weighted by molar-refractivity contribution is 6.17. The standard InChI is InChI=1S/C16H14ClN3/c17-11-14-16(18-15-7-3-4-9-19(14)15)20-10-8-12-5-1-2-6-13(12)20/h1-7,9H,8,10-11H2. The van der Waals surface area contributed by atoms with Gasteiger partial charge in [0.15, 0.2) is 5.82 Å². The van der Waals surface area contributed by atoms with E-state index in [0.717, 1.165) is 30.1 Å². The summed E-state index contributed by atoms with van der Waals surface area (Å²) in [4.78, 5) is 7.05. The lowest BCUT2D eigenvalue weighted by atomic mass is 10.2. The van der Waals surface area contributed by atoms with Gasteiger partial charge in [0, 0.05) is 18.4 Å². The second-order valence-electron chi connectivity index (χ2n) is 4.97. The van der Waals surface area contributed by atoms with Crippen LogP contribution in [-0.4, -0.2) is 15.9 Å². The number of rotatable bonds is 2. The number of halogens is 1. The van der Waals surface area contributed by atoms with Gasteiger partial charge in [0.05, 0.1) is 11.6 Å². The molecule has 0 spiro atoms. The van der Waals surface area contributed by atoms with Crippen molar-refractivity contribution < 1.29 is 0 Å². The fourth-order valence-corrected chi connectivity index (χ4v) is 3.18. The first-order valence-corrected chi connectivity index (χ1v) is 7.29. The molecule has 0 bridgehead atoms. The Morgan fingerprint density at radius 2 is 1.95 bits per heavy atom. The molecule has 4 heteroatoms. The maximum Gasteiger partial charge on any atom is 0.156 e. The van der Waals surface area contributed by atoms with Crippen LogP contribution in [0.4, 0.5) is 11.5 Å². The Morgan fingerprint density at radius 1 is 1.10 bits per heavy atom. The minimum atomic E-state index is 0.458. The predicted molar refractivity (Wildman–Crippen MR) is 81.9 cm³/mol. The minimum absolute atomic E-state index is 0.458. The molecule has 0 amide bonds. The van der Waals surface area contributed by atoms with E-state index in [1.165, 1.54) is 11.3 Å². The van der Waals surface area contributed by atoms with E-state index in [9.17, 15) is 0 Å². The third-order valence-electron chi connectivity index (χ3n) is 3.88. The van der Waals surface area contributed by atoms with E-state index in [2.05, 4.69) is 33.6 Å². The molecule has 0 aliphatic carbocycles. The third-order valence-corrected chi connectivity index (χ3v) is 4.13. The molecule has 3 heterocycles. The summed E-state index contributed by atoms with van der Waals surface area (Å²) in [5.74, 6) is 1.44. The monoisotopic (exact) mass is 283 g/mol. The summed E-state index contributed by atoms with van der Waals surface area (Å²) < 4.78 is 2.07. The number of hydrogen-bond donors (Lipinski definition) is 0. The topological polar surface area (TPSA) is 20.5 Å². The van der Waals surface area contributed by atoms with E-state index >= 15 is 0 Å². The minimum Gasteiger partial charge on any atom is -0.324 e. The van der Waals surface area contributed by atoms with Crippen LogP contribution in [0.1, 0.15) is 11.3 Å². The Kier molecular flexibility index (Phi) is 2.67. The second-order valence-corrected chi connectivity index (χ2v) is 5.24. The fraction of sp³-hybridized carbons (Fsp3) is 0.188. The van der Waals surface area contributed by atoms with Crippen molar-refractivity contribution in [2.24, 2.45) is 0 Å². The summed E-state index contributed by atoms with van der Waals surface area (Å²) in [6.45, 7) is 0.965. The number of hydrogen-bond acceptors (Lipinski definition) is 2. The van der Waals surface area contributed by atoms with Crippen LogP contribution in [0.5, 0.6) is 0 Å². The molecule has 1 aliphatic heterocycles. The van der Waals surface area contributed by atoms with Crippen LogP contribution in [0, 0.1) is 0 Å². The Balaban J connectivity index is 1.91. The summed E-state index contributed by atoms with van der Waals surface area (Å²) in [5.41, 5.74) is 4.63.